The molecule has 7 heteroatoms. The van der Waals surface area contributed by atoms with E-state index in [-0.39, 0.29) is 24.2 Å². The molecule has 1 rings (SSSR count). The number of carbonyl (C=O) groups is 1. The highest BCUT2D eigenvalue weighted by molar-refractivity contribution is 5.77. The number of nitro groups is 1. The van der Waals surface area contributed by atoms with Gasteiger partial charge < -0.3 is 14.4 Å². The topological polar surface area (TPSA) is 81.9 Å². The number of rotatable bonds is 8. The molecule has 0 spiro atoms. The fourth-order valence-electron chi connectivity index (χ4n) is 1.74. The van der Waals surface area contributed by atoms with Gasteiger partial charge >= 0.3 is 0 Å². The SMILES string of the molecule is COCCOCC(=O)N(C)C(C)c1cccc([N+](=O)[O-])c1. The second kappa shape index (κ2) is 8.33. The third kappa shape index (κ3) is 5.13. The first kappa shape index (κ1) is 17.1. The Morgan fingerprint density at radius 1 is 1.43 bits per heavy atom. The van der Waals surface area contributed by atoms with Gasteiger partial charge in [-0.05, 0) is 12.5 Å². The van der Waals surface area contributed by atoms with Crippen LogP contribution in [0.5, 0.6) is 0 Å². The first-order valence-corrected chi connectivity index (χ1v) is 6.54. The Labute approximate surface area is 123 Å². The summed E-state index contributed by atoms with van der Waals surface area (Å²) in [5, 5.41) is 10.8. The van der Waals surface area contributed by atoms with Gasteiger partial charge in [0.05, 0.1) is 24.2 Å². The van der Waals surface area contributed by atoms with Crippen molar-refractivity contribution in [3.8, 4) is 0 Å². The van der Waals surface area contributed by atoms with Crippen molar-refractivity contribution in [1.82, 2.24) is 4.90 Å². The van der Waals surface area contributed by atoms with E-state index in [4.69, 9.17) is 9.47 Å². The molecule has 0 aliphatic carbocycles. The summed E-state index contributed by atoms with van der Waals surface area (Å²) < 4.78 is 10.0. The van der Waals surface area contributed by atoms with Crippen LogP contribution in [-0.2, 0) is 14.3 Å². The predicted octanol–water partition coefficient (Wildman–Crippen LogP) is 1.78. The van der Waals surface area contributed by atoms with Gasteiger partial charge in [-0.3, -0.25) is 14.9 Å². The molecule has 1 aromatic carbocycles. The van der Waals surface area contributed by atoms with Crippen molar-refractivity contribution in [2.75, 3.05) is 34.0 Å². The van der Waals surface area contributed by atoms with Crippen molar-refractivity contribution in [3.63, 3.8) is 0 Å². The molecule has 0 fully saturated rings. The van der Waals surface area contributed by atoms with Crippen LogP contribution in [0.4, 0.5) is 5.69 Å². The maximum Gasteiger partial charge on any atom is 0.269 e. The number of hydrogen-bond donors (Lipinski definition) is 0. The zero-order valence-corrected chi connectivity index (χ0v) is 12.4. The van der Waals surface area contributed by atoms with Gasteiger partial charge in [-0.15, -0.1) is 0 Å². The molecule has 0 aliphatic rings. The van der Waals surface area contributed by atoms with Gasteiger partial charge in [0.25, 0.3) is 5.69 Å². The van der Waals surface area contributed by atoms with Crippen LogP contribution in [0.15, 0.2) is 24.3 Å². The Morgan fingerprint density at radius 3 is 2.76 bits per heavy atom. The Balaban J connectivity index is 2.64. The van der Waals surface area contributed by atoms with Gasteiger partial charge in [0.2, 0.25) is 5.91 Å². The van der Waals surface area contributed by atoms with E-state index in [1.807, 2.05) is 6.92 Å². The van der Waals surface area contributed by atoms with Gasteiger partial charge in [-0.25, -0.2) is 0 Å². The van der Waals surface area contributed by atoms with Gasteiger partial charge in [-0.2, -0.15) is 0 Å². The number of hydrogen-bond acceptors (Lipinski definition) is 5. The molecule has 1 unspecified atom stereocenters. The quantitative estimate of drug-likeness (QED) is 0.415. The molecular formula is C14H20N2O5. The minimum absolute atomic E-state index is 0.0107. The molecular weight excluding hydrogens is 276 g/mol. The van der Waals surface area contributed by atoms with Crippen molar-refractivity contribution >= 4 is 11.6 Å². The molecule has 1 amide bonds. The van der Waals surface area contributed by atoms with E-state index in [1.54, 1.807) is 26.3 Å². The summed E-state index contributed by atoms with van der Waals surface area (Å²) in [5.74, 6) is -0.190. The van der Waals surface area contributed by atoms with Crippen molar-refractivity contribution in [2.24, 2.45) is 0 Å². The predicted molar refractivity (Wildman–Crippen MR) is 77.0 cm³/mol. The standard InChI is InChI=1S/C14H20N2O5/c1-11(12-5-4-6-13(9-12)16(18)19)15(2)14(17)10-21-8-7-20-3/h4-6,9,11H,7-8,10H2,1-3H3. The van der Waals surface area contributed by atoms with E-state index >= 15 is 0 Å². The molecule has 1 atom stereocenters. The molecule has 0 N–H and O–H groups in total. The summed E-state index contributed by atoms with van der Waals surface area (Å²) in [5.41, 5.74) is 0.716. The lowest BCUT2D eigenvalue weighted by Gasteiger charge is -2.25. The highest BCUT2D eigenvalue weighted by atomic mass is 16.6. The monoisotopic (exact) mass is 296 g/mol. The summed E-state index contributed by atoms with van der Waals surface area (Å²) in [6, 6.07) is 5.99. The summed E-state index contributed by atoms with van der Waals surface area (Å²) in [6.07, 6.45) is 0. The number of nitrogens with zero attached hydrogens (tertiary/aromatic N) is 2. The largest absolute Gasteiger partial charge is 0.382 e. The maximum atomic E-state index is 12.0. The van der Waals surface area contributed by atoms with Crippen molar-refractivity contribution in [3.05, 3.63) is 39.9 Å². The van der Waals surface area contributed by atoms with Crippen molar-refractivity contribution < 1.29 is 19.2 Å². The first-order chi connectivity index (χ1) is 9.97. The van der Waals surface area contributed by atoms with E-state index in [1.165, 1.54) is 17.0 Å². The van der Waals surface area contributed by atoms with Crippen molar-refractivity contribution in [1.29, 1.82) is 0 Å². The maximum absolute atomic E-state index is 12.0. The third-order valence-corrected chi connectivity index (χ3v) is 3.20. The smallest absolute Gasteiger partial charge is 0.269 e. The molecule has 7 nitrogen and oxygen atoms in total. The van der Waals surface area contributed by atoms with Crippen LogP contribution in [0.1, 0.15) is 18.5 Å². The van der Waals surface area contributed by atoms with Gasteiger partial charge in [0.1, 0.15) is 6.61 Å². The van der Waals surface area contributed by atoms with Gasteiger partial charge in [-0.1, -0.05) is 12.1 Å². The van der Waals surface area contributed by atoms with Crippen LogP contribution in [0.25, 0.3) is 0 Å². The summed E-state index contributed by atoms with van der Waals surface area (Å²) in [4.78, 5) is 23.8. The zero-order valence-electron chi connectivity index (χ0n) is 12.4. The Kier molecular flexibility index (Phi) is 6.77. The lowest BCUT2D eigenvalue weighted by molar-refractivity contribution is -0.384. The highest BCUT2D eigenvalue weighted by Crippen LogP contribution is 2.22. The van der Waals surface area contributed by atoms with E-state index in [9.17, 15) is 14.9 Å². The minimum Gasteiger partial charge on any atom is -0.382 e. The molecule has 0 radical (unpaired) electrons. The van der Waals surface area contributed by atoms with Crippen LogP contribution in [0.3, 0.4) is 0 Å². The van der Waals surface area contributed by atoms with Gasteiger partial charge in [0, 0.05) is 26.3 Å². The average molecular weight is 296 g/mol. The second-order valence-electron chi connectivity index (χ2n) is 4.58. The molecule has 1 aromatic rings. The Bertz CT molecular complexity index is 492. The lowest BCUT2D eigenvalue weighted by atomic mass is 10.1. The Hall–Kier alpha value is -1.99. The van der Waals surface area contributed by atoms with Gasteiger partial charge in [0.15, 0.2) is 0 Å². The van der Waals surface area contributed by atoms with Crippen LogP contribution in [0, 0.1) is 10.1 Å². The van der Waals surface area contributed by atoms with Crippen LogP contribution in [-0.4, -0.2) is 49.7 Å². The first-order valence-electron chi connectivity index (χ1n) is 6.54. The molecule has 0 heterocycles. The molecule has 0 aromatic heterocycles. The van der Waals surface area contributed by atoms with Crippen LogP contribution >= 0.6 is 0 Å². The summed E-state index contributed by atoms with van der Waals surface area (Å²) >= 11 is 0. The number of nitro benzene ring substituents is 1. The summed E-state index contributed by atoms with van der Waals surface area (Å²) in [6.45, 7) is 2.55. The molecule has 0 saturated heterocycles. The second-order valence-corrected chi connectivity index (χ2v) is 4.58. The van der Waals surface area contributed by atoms with E-state index in [2.05, 4.69) is 0 Å². The molecule has 21 heavy (non-hydrogen) atoms. The van der Waals surface area contributed by atoms with E-state index in [0.29, 0.717) is 18.8 Å². The summed E-state index contributed by atoms with van der Waals surface area (Å²) in [7, 11) is 3.20. The van der Waals surface area contributed by atoms with E-state index < -0.39 is 4.92 Å². The number of benzene rings is 1. The lowest BCUT2D eigenvalue weighted by Crippen LogP contribution is -2.33. The third-order valence-electron chi connectivity index (χ3n) is 3.20. The number of ether oxygens (including phenoxy) is 2. The number of methoxy groups -OCH3 is 1. The fraction of sp³-hybridized carbons (Fsp3) is 0.500. The molecule has 0 bridgehead atoms. The highest BCUT2D eigenvalue weighted by Gasteiger charge is 2.19. The fourth-order valence-corrected chi connectivity index (χ4v) is 1.74. The molecule has 0 saturated carbocycles. The minimum atomic E-state index is -0.452. The number of likely N-dealkylation sites (N-methyl/N-ethyl adjacent to an activating group) is 1. The average Bonchev–Trinajstić information content (AvgIpc) is 2.50. The number of non-ortho nitro benzene ring substituents is 1. The molecule has 116 valence electrons. The zero-order chi connectivity index (χ0) is 15.8. The number of carbonyl (C=O) groups excluding carboxylic acids is 1. The Morgan fingerprint density at radius 2 is 2.14 bits per heavy atom. The van der Waals surface area contributed by atoms with Crippen LogP contribution < -0.4 is 0 Å². The van der Waals surface area contributed by atoms with Crippen LogP contribution in [0.2, 0.25) is 0 Å². The normalized spacial score (nSPS) is 12.0. The molecule has 0 aliphatic heterocycles. The van der Waals surface area contributed by atoms with E-state index in [0.717, 1.165) is 0 Å². The number of amides is 1. The van der Waals surface area contributed by atoms with Crippen molar-refractivity contribution in [2.45, 2.75) is 13.0 Å².